The predicted octanol–water partition coefficient (Wildman–Crippen LogP) is 4.59. The van der Waals surface area contributed by atoms with Gasteiger partial charge in [0.15, 0.2) is 5.13 Å². The van der Waals surface area contributed by atoms with Gasteiger partial charge < -0.3 is 10.4 Å². The van der Waals surface area contributed by atoms with E-state index in [0.29, 0.717) is 26.8 Å². The van der Waals surface area contributed by atoms with Crippen molar-refractivity contribution in [1.29, 1.82) is 0 Å². The fourth-order valence-corrected chi connectivity index (χ4v) is 3.58. The maximum absolute atomic E-state index is 12.6. The van der Waals surface area contributed by atoms with Gasteiger partial charge in [0.25, 0.3) is 11.8 Å². The number of hydrogen-bond donors (Lipinski definition) is 3. The molecule has 1 heterocycles. The number of carbonyl (C=O) groups excluding carboxylic acids is 2. The Morgan fingerprint density at radius 2 is 1.71 bits per heavy atom. The molecule has 7 heteroatoms. The van der Waals surface area contributed by atoms with E-state index in [1.807, 2.05) is 32.9 Å². The summed E-state index contributed by atoms with van der Waals surface area (Å²) in [7, 11) is 0. The number of anilines is 2. The minimum atomic E-state index is -0.346. The van der Waals surface area contributed by atoms with Crippen LogP contribution < -0.4 is 10.6 Å². The number of carbonyl (C=O) groups is 2. The molecular formula is C21H21N3O3S. The molecule has 0 aliphatic carbocycles. The first-order chi connectivity index (χ1) is 13.3. The van der Waals surface area contributed by atoms with Crippen LogP contribution in [-0.4, -0.2) is 21.9 Å². The summed E-state index contributed by atoms with van der Waals surface area (Å²) in [6.45, 7) is 7.43. The summed E-state index contributed by atoms with van der Waals surface area (Å²) in [5.41, 5.74) is 4.54. The van der Waals surface area contributed by atoms with Crippen molar-refractivity contribution in [2.75, 3.05) is 10.6 Å². The van der Waals surface area contributed by atoms with Gasteiger partial charge in [-0.25, -0.2) is 4.98 Å². The van der Waals surface area contributed by atoms with Gasteiger partial charge in [-0.05, 0) is 51.0 Å². The number of nitrogens with zero attached hydrogens (tertiary/aromatic N) is 1. The van der Waals surface area contributed by atoms with Crippen LogP contribution in [0.1, 0.15) is 42.3 Å². The van der Waals surface area contributed by atoms with E-state index in [-0.39, 0.29) is 17.6 Å². The molecule has 144 valence electrons. The Bertz CT molecular complexity index is 1070. The zero-order valence-electron chi connectivity index (χ0n) is 16.1. The number of aromatic nitrogens is 1. The Kier molecular flexibility index (Phi) is 5.46. The van der Waals surface area contributed by atoms with Crippen molar-refractivity contribution in [1.82, 2.24) is 4.98 Å². The third-order valence-corrected chi connectivity index (χ3v) is 5.37. The number of phenolic OH excluding ortho intramolecular Hbond substituents is 1. The molecule has 6 nitrogen and oxygen atoms in total. The van der Waals surface area contributed by atoms with Crippen molar-refractivity contribution < 1.29 is 14.7 Å². The maximum atomic E-state index is 12.6. The van der Waals surface area contributed by atoms with Crippen LogP contribution in [0.2, 0.25) is 0 Å². The van der Waals surface area contributed by atoms with E-state index >= 15 is 0 Å². The van der Waals surface area contributed by atoms with Crippen LogP contribution in [0.25, 0.3) is 0 Å². The van der Waals surface area contributed by atoms with Gasteiger partial charge in [0.2, 0.25) is 0 Å². The molecule has 0 saturated heterocycles. The molecule has 0 unspecified atom stereocenters. The lowest BCUT2D eigenvalue weighted by atomic mass is 10.1. The lowest BCUT2D eigenvalue weighted by Crippen LogP contribution is -2.13. The highest BCUT2D eigenvalue weighted by molar-refractivity contribution is 7.17. The molecule has 0 saturated carbocycles. The largest absolute Gasteiger partial charge is 0.508 e. The molecule has 0 spiro atoms. The Morgan fingerprint density at radius 1 is 0.964 bits per heavy atom. The van der Waals surface area contributed by atoms with Crippen LogP contribution in [0.15, 0.2) is 36.5 Å². The van der Waals surface area contributed by atoms with Gasteiger partial charge in [-0.2, -0.15) is 0 Å². The van der Waals surface area contributed by atoms with E-state index in [0.717, 1.165) is 28.0 Å². The highest BCUT2D eigenvalue weighted by atomic mass is 32.1. The van der Waals surface area contributed by atoms with Gasteiger partial charge in [0.1, 0.15) is 10.6 Å². The zero-order chi connectivity index (χ0) is 20.4. The number of phenols is 1. The average molecular weight is 395 g/mol. The van der Waals surface area contributed by atoms with Crippen molar-refractivity contribution >= 4 is 34.0 Å². The van der Waals surface area contributed by atoms with E-state index in [1.165, 1.54) is 6.20 Å². The van der Waals surface area contributed by atoms with Crippen molar-refractivity contribution in [3.8, 4) is 5.75 Å². The van der Waals surface area contributed by atoms with Crippen LogP contribution in [0, 0.1) is 27.7 Å². The van der Waals surface area contributed by atoms with Gasteiger partial charge in [0, 0.05) is 11.1 Å². The number of aromatic hydroxyl groups is 1. The summed E-state index contributed by atoms with van der Waals surface area (Å²) < 4.78 is 0. The molecule has 1 aromatic heterocycles. The quantitative estimate of drug-likeness (QED) is 0.603. The Labute approximate surface area is 167 Å². The molecule has 0 radical (unpaired) electrons. The highest BCUT2D eigenvalue weighted by Crippen LogP contribution is 2.29. The molecule has 3 aromatic rings. The standard InChI is InChI=1S/C21H21N3O3S/c1-11-5-7-15(13(3)9-11)19(26)24-21-22-10-17(28-21)20(27)23-18-12(2)6-8-16(25)14(18)4/h5-10,25H,1-4H3,(H,23,27)(H,22,24,26). The second kappa shape index (κ2) is 7.82. The first-order valence-electron chi connectivity index (χ1n) is 8.71. The third-order valence-electron chi connectivity index (χ3n) is 4.46. The Balaban J connectivity index is 1.74. The molecule has 0 atom stereocenters. The average Bonchev–Trinajstić information content (AvgIpc) is 3.10. The van der Waals surface area contributed by atoms with Gasteiger partial charge in [-0.1, -0.05) is 35.1 Å². The zero-order valence-corrected chi connectivity index (χ0v) is 16.9. The Hall–Kier alpha value is -3.19. The van der Waals surface area contributed by atoms with Crippen LogP contribution in [-0.2, 0) is 0 Å². The van der Waals surface area contributed by atoms with Crippen LogP contribution in [0.3, 0.4) is 0 Å². The van der Waals surface area contributed by atoms with Crippen molar-refractivity contribution in [3.63, 3.8) is 0 Å². The summed E-state index contributed by atoms with van der Waals surface area (Å²) in [4.78, 5) is 29.5. The number of amides is 2. The van der Waals surface area contributed by atoms with Gasteiger partial charge >= 0.3 is 0 Å². The van der Waals surface area contributed by atoms with E-state index < -0.39 is 0 Å². The first-order valence-corrected chi connectivity index (χ1v) is 9.53. The maximum Gasteiger partial charge on any atom is 0.267 e. The number of hydrogen-bond acceptors (Lipinski definition) is 5. The topological polar surface area (TPSA) is 91.3 Å². The van der Waals surface area contributed by atoms with E-state index in [2.05, 4.69) is 15.6 Å². The molecule has 0 aliphatic heterocycles. The summed E-state index contributed by atoms with van der Waals surface area (Å²) >= 11 is 1.09. The van der Waals surface area contributed by atoms with Gasteiger partial charge in [0.05, 0.1) is 11.9 Å². The van der Waals surface area contributed by atoms with Crippen LogP contribution in [0.4, 0.5) is 10.8 Å². The second-order valence-electron chi connectivity index (χ2n) is 6.66. The molecule has 0 fully saturated rings. The monoisotopic (exact) mass is 395 g/mol. The molecule has 0 bridgehead atoms. The lowest BCUT2D eigenvalue weighted by molar-refractivity contribution is 0.101. The van der Waals surface area contributed by atoms with E-state index in [1.54, 1.807) is 25.1 Å². The summed E-state index contributed by atoms with van der Waals surface area (Å²) in [6, 6.07) is 8.92. The summed E-state index contributed by atoms with van der Waals surface area (Å²) in [6.07, 6.45) is 1.42. The SMILES string of the molecule is Cc1ccc(C(=O)Nc2ncc(C(=O)Nc3c(C)ccc(O)c3C)s2)c(C)c1. The molecule has 28 heavy (non-hydrogen) atoms. The molecule has 3 N–H and O–H groups in total. The number of rotatable bonds is 4. The minimum absolute atomic E-state index is 0.117. The predicted molar refractivity (Wildman–Crippen MR) is 112 cm³/mol. The Morgan fingerprint density at radius 3 is 2.43 bits per heavy atom. The van der Waals surface area contributed by atoms with Crippen LogP contribution in [0.5, 0.6) is 5.75 Å². The fourth-order valence-electron chi connectivity index (χ4n) is 2.87. The van der Waals surface area contributed by atoms with Crippen molar-refractivity contribution in [2.24, 2.45) is 0 Å². The number of aryl methyl sites for hydroxylation is 3. The number of nitrogens with one attached hydrogen (secondary N) is 2. The smallest absolute Gasteiger partial charge is 0.267 e. The number of thiazole rings is 1. The first kappa shape index (κ1) is 19.6. The van der Waals surface area contributed by atoms with Gasteiger partial charge in [-0.15, -0.1) is 0 Å². The molecular weight excluding hydrogens is 374 g/mol. The third kappa shape index (κ3) is 4.04. The van der Waals surface area contributed by atoms with Crippen LogP contribution >= 0.6 is 11.3 Å². The normalized spacial score (nSPS) is 10.6. The van der Waals surface area contributed by atoms with E-state index in [9.17, 15) is 14.7 Å². The summed E-state index contributed by atoms with van der Waals surface area (Å²) in [5, 5.41) is 15.7. The molecule has 3 rings (SSSR count). The lowest BCUT2D eigenvalue weighted by Gasteiger charge is -2.11. The van der Waals surface area contributed by atoms with Crippen molar-refractivity contribution in [3.05, 3.63) is 69.2 Å². The highest BCUT2D eigenvalue weighted by Gasteiger charge is 2.16. The molecule has 0 aliphatic rings. The van der Waals surface area contributed by atoms with Crippen molar-refractivity contribution in [2.45, 2.75) is 27.7 Å². The summed E-state index contributed by atoms with van der Waals surface area (Å²) in [5.74, 6) is -0.494. The van der Waals surface area contributed by atoms with E-state index in [4.69, 9.17) is 0 Å². The second-order valence-corrected chi connectivity index (χ2v) is 7.69. The molecule has 2 amide bonds. The number of benzene rings is 2. The fraction of sp³-hybridized carbons (Fsp3) is 0.190. The van der Waals surface area contributed by atoms with Gasteiger partial charge in [-0.3, -0.25) is 14.9 Å². The minimum Gasteiger partial charge on any atom is -0.508 e. The molecule has 2 aromatic carbocycles.